The number of carbonyl (C=O) groups excluding carboxylic acids is 7. The Kier molecular flexibility index (Phi) is 38.3. The van der Waals surface area contributed by atoms with E-state index in [1.165, 1.54) is 4.90 Å². The van der Waals surface area contributed by atoms with Gasteiger partial charge in [0.2, 0.25) is 0 Å². The van der Waals surface area contributed by atoms with Gasteiger partial charge in [-0.1, -0.05) is 156 Å². The standard InChI is InChI=1S/C58H100N2O14/c1-6-10-14-18-22-26-30-52(61)68-42-47(43-69-53(62)31-27-23-19-15-11-7-2)38-56(65)73-50-34-35-51(41-60(40-50)58(67)72-46-49-36-37-59(49)5)74-57(66)39-48(44-70-54(63)32-28-24-20-16-12-8-3)45-71-55(64)33-29-25-21-17-13-9-4/h34-35,47-51H,6-33,36-46H2,1-5H3/t49?,50-,51+. The smallest absolute Gasteiger partial charge is 0.410 e. The van der Waals surface area contributed by atoms with E-state index in [0.29, 0.717) is 25.7 Å². The highest BCUT2D eigenvalue weighted by molar-refractivity contribution is 5.73. The number of hydrogen-bond acceptors (Lipinski definition) is 15. The molecule has 0 aromatic carbocycles. The Balaban J connectivity index is 2.16. The Morgan fingerprint density at radius 1 is 0.432 bits per heavy atom. The van der Waals surface area contributed by atoms with Gasteiger partial charge in [-0.25, -0.2) is 4.79 Å². The third-order valence-electron chi connectivity index (χ3n) is 13.8. The normalized spacial score (nSPS) is 16.6. The average Bonchev–Trinajstić information content (AvgIpc) is 3.58. The van der Waals surface area contributed by atoms with Crippen LogP contribution in [0.25, 0.3) is 0 Å². The maximum atomic E-state index is 13.7. The maximum Gasteiger partial charge on any atom is 0.410 e. The Morgan fingerprint density at radius 3 is 1.03 bits per heavy atom. The topological polar surface area (TPSA) is 191 Å². The highest BCUT2D eigenvalue weighted by atomic mass is 16.6. The van der Waals surface area contributed by atoms with E-state index in [2.05, 4.69) is 32.6 Å². The van der Waals surface area contributed by atoms with Gasteiger partial charge in [0.25, 0.3) is 0 Å². The maximum absolute atomic E-state index is 13.7. The minimum Gasteiger partial charge on any atom is -0.465 e. The number of esters is 6. The van der Waals surface area contributed by atoms with Crippen molar-refractivity contribution in [2.45, 2.75) is 245 Å². The fourth-order valence-electron chi connectivity index (χ4n) is 8.79. The van der Waals surface area contributed by atoms with E-state index in [0.717, 1.165) is 141 Å². The molecule has 0 saturated carbocycles. The largest absolute Gasteiger partial charge is 0.465 e. The Labute approximate surface area is 445 Å². The van der Waals surface area contributed by atoms with Crippen molar-refractivity contribution in [1.29, 1.82) is 0 Å². The molecule has 0 radical (unpaired) electrons. The summed E-state index contributed by atoms with van der Waals surface area (Å²) in [4.78, 5) is 95.4. The molecule has 16 heteroatoms. The SMILES string of the molecule is CCCCCCCCC(=O)OCC(COC(=O)CCCCCCCC)CC(=O)O[C@@H]1C=C[C@H](OC(=O)CC(COC(=O)CCCCCCCC)COC(=O)CCCCCCCC)CN(C(=O)OCC2CCN2C)C1. The first-order valence-electron chi connectivity index (χ1n) is 29.2. The van der Waals surface area contributed by atoms with Crippen LogP contribution in [0.2, 0.25) is 0 Å². The predicted molar refractivity (Wildman–Crippen MR) is 285 cm³/mol. The molecule has 1 unspecified atom stereocenters. The van der Waals surface area contributed by atoms with Crippen LogP contribution in [0, 0.1) is 11.8 Å². The number of unbranched alkanes of at least 4 members (excludes halogenated alkanes) is 20. The number of hydrogen-bond donors (Lipinski definition) is 0. The third-order valence-corrected chi connectivity index (χ3v) is 13.8. The summed E-state index contributed by atoms with van der Waals surface area (Å²) in [5.41, 5.74) is 0. The molecule has 1 fully saturated rings. The molecule has 3 atom stereocenters. The Morgan fingerprint density at radius 2 is 0.743 bits per heavy atom. The molecule has 2 rings (SSSR count). The van der Waals surface area contributed by atoms with Crippen LogP contribution in [0.1, 0.15) is 227 Å². The van der Waals surface area contributed by atoms with Gasteiger partial charge in [0.15, 0.2) is 0 Å². The number of rotatable bonds is 44. The molecule has 2 aliphatic rings. The zero-order valence-corrected chi connectivity index (χ0v) is 46.7. The minimum atomic E-state index is -0.971. The second-order valence-electron chi connectivity index (χ2n) is 20.8. The molecular formula is C58H100N2O14. The third kappa shape index (κ3) is 33.7. The average molecular weight is 1050 g/mol. The van der Waals surface area contributed by atoms with E-state index in [4.69, 9.17) is 33.2 Å². The van der Waals surface area contributed by atoms with E-state index in [1.54, 1.807) is 12.2 Å². The first-order chi connectivity index (χ1) is 35.9. The van der Waals surface area contributed by atoms with Crippen molar-refractivity contribution in [2.24, 2.45) is 11.8 Å². The van der Waals surface area contributed by atoms with Crippen LogP contribution in [0.3, 0.4) is 0 Å². The van der Waals surface area contributed by atoms with Crippen LogP contribution >= 0.6 is 0 Å². The molecule has 0 aromatic rings. The zero-order valence-electron chi connectivity index (χ0n) is 46.7. The summed E-state index contributed by atoms with van der Waals surface area (Å²) < 4.78 is 40.0. The lowest BCUT2D eigenvalue weighted by Crippen LogP contribution is -2.49. The summed E-state index contributed by atoms with van der Waals surface area (Å²) in [5.74, 6) is -4.21. The van der Waals surface area contributed by atoms with Crippen LogP contribution < -0.4 is 0 Å². The summed E-state index contributed by atoms with van der Waals surface area (Å²) in [6.07, 6.45) is 26.3. The molecule has 1 amide bonds. The molecule has 0 aromatic heterocycles. The molecular weight excluding hydrogens is 949 g/mol. The molecule has 0 bridgehead atoms. The summed E-state index contributed by atoms with van der Waals surface area (Å²) in [7, 11) is 1.95. The number of likely N-dealkylation sites (tertiary alicyclic amines) is 1. The number of nitrogens with zero attached hydrogens (tertiary/aromatic N) is 2. The summed E-state index contributed by atoms with van der Waals surface area (Å²) in [6, 6.07) is 0.0692. The van der Waals surface area contributed by atoms with Gasteiger partial charge in [-0.3, -0.25) is 33.7 Å². The van der Waals surface area contributed by atoms with Gasteiger partial charge in [0, 0.05) is 43.6 Å². The number of ether oxygens (including phenoxy) is 7. The summed E-state index contributed by atoms with van der Waals surface area (Å²) >= 11 is 0. The molecule has 1 saturated heterocycles. The lowest BCUT2D eigenvalue weighted by molar-refractivity contribution is -0.157. The van der Waals surface area contributed by atoms with E-state index >= 15 is 0 Å². The van der Waals surface area contributed by atoms with Crippen LogP contribution in [-0.2, 0) is 61.9 Å². The molecule has 0 aliphatic carbocycles. The van der Waals surface area contributed by atoms with E-state index < -0.39 is 42.1 Å². The van der Waals surface area contributed by atoms with Crippen molar-refractivity contribution in [3.63, 3.8) is 0 Å². The number of likely N-dealkylation sites (N-methyl/N-ethyl adjacent to an activating group) is 1. The lowest BCUT2D eigenvalue weighted by Gasteiger charge is -2.37. The number of amides is 1. The van der Waals surface area contributed by atoms with Gasteiger partial charge in [-0.2, -0.15) is 0 Å². The number of carbonyl (C=O) groups is 7. The van der Waals surface area contributed by atoms with Crippen LogP contribution in [0.15, 0.2) is 12.2 Å². The minimum absolute atomic E-state index is 0.0692. The van der Waals surface area contributed by atoms with Gasteiger partial charge in [0.1, 0.15) is 18.8 Å². The van der Waals surface area contributed by atoms with Crippen molar-refractivity contribution in [3.05, 3.63) is 12.2 Å². The molecule has 0 N–H and O–H groups in total. The lowest BCUT2D eigenvalue weighted by atomic mass is 10.1. The van der Waals surface area contributed by atoms with Gasteiger partial charge in [-0.15, -0.1) is 0 Å². The van der Waals surface area contributed by atoms with Gasteiger partial charge in [0.05, 0.1) is 52.4 Å². The molecule has 426 valence electrons. The van der Waals surface area contributed by atoms with Gasteiger partial charge in [-0.05, 0) is 57.8 Å². The van der Waals surface area contributed by atoms with Crippen molar-refractivity contribution in [3.8, 4) is 0 Å². The van der Waals surface area contributed by atoms with Crippen LogP contribution in [-0.4, -0.2) is 130 Å². The molecule has 2 heterocycles. The molecule has 0 spiro atoms. The highest BCUT2D eigenvalue weighted by Gasteiger charge is 2.32. The summed E-state index contributed by atoms with van der Waals surface area (Å²) in [6.45, 7) is 8.88. The fraction of sp³-hybridized carbons (Fsp3) is 0.845. The first-order valence-corrected chi connectivity index (χ1v) is 29.2. The van der Waals surface area contributed by atoms with Gasteiger partial charge < -0.3 is 38.1 Å². The second kappa shape index (κ2) is 43.0. The van der Waals surface area contributed by atoms with E-state index in [1.807, 2.05) is 7.05 Å². The fourth-order valence-corrected chi connectivity index (χ4v) is 8.79. The van der Waals surface area contributed by atoms with Crippen LogP contribution in [0.4, 0.5) is 4.79 Å². The second-order valence-corrected chi connectivity index (χ2v) is 20.8. The molecule has 2 aliphatic heterocycles. The first kappa shape index (κ1) is 65.9. The van der Waals surface area contributed by atoms with Crippen molar-refractivity contribution in [2.75, 3.05) is 59.7 Å². The Hall–Kier alpha value is -4.21. The van der Waals surface area contributed by atoms with Crippen molar-refractivity contribution < 1.29 is 66.7 Å². The van der Waals surface area contributed by atoms with E-state index in [-0.39, 0.29) is 115 Å². The molecule has 16 nitrogen and oxygen atoms in total. The Bertz CT molecular complexity index is 1430. The van der Waals surface area contributed by atoms with Crippen molar-refractivity contribution >= 4 is 41.9 Å². The van der Waals surface area contributed by atoms with Crippen molar-refractivity contribution in [1.82, 2.24) is 9.80 Å². The zero-order chi connectivity index (χ0) is 54.0. The highest BCUT2D eigenvalue weighted by Crippen LogP contribution is 2.20. The molecule has 74 heavy (non-hydrogen) atoms. The van der Waals surface area contributed by atoms with E-state index in [9.17, 15) is 33.6 Å². The predicted octanol–water partition coefficient (Wildman–Crippen LogP) is 11.7. The van der Waals surface area contributed by atoms with Crippen LogP contribution in [0.5, 0.6) is 0 Å². The summed E-state index contributed by atoms with van der Waals surface area (Å²) in [5, 5.41) is 0. The van der Waals surface area contributed by atoms with Gasteiger partial charge >= 0.3 is 41.9 Å². The quantitative estimate of drug-likeness (QED) is 0.0242. The monoisotopic (exact) mass is 1050 g/mol.